The molecule has 0 aliphatic carbocycles. The number of nitrogens with zero attached hydrogens (tertiary/aromatic N) is 8. The first kappa shape index (κ1) is 33.2. The fraction of sp³-hybridized carbons (Fsp3) is 0.231. The van der Waals surface area contributed by atoms with Gasteiger partial charge < -0.3 is 9.15 Å². The van der Waals surface area contributed by atoms with E-state index in [1.807, 2.05) is 92.7 Å². The molecule has 12 nitrogen and oxygen atoms in total. The van der Waals surface area contributed by atoms with Crippen LogP contribution < -0.4 is 10.3 Å². The number of aryl methyl sites for hydroxylation is 3. The number of unbranched alkanes of at least 4 members (excludes halogenated alkanes) is 1. The summed E-state index contributed by atoms with van der Waals surface area (Å²) in [7, 11) is 0. The van der Waals surface area contributed by atoms with E-state index in [2.05, 4.69) is 42.5 Å². The third-order valence-electron chi connectivity index (χ3n) is 8.69. The molecule has 1 N–H and O–H groups in total. The number of hydrogen-bond donors (Lipinski definition) is 1. The summed E-state index contributed by atoms with van der Waals surface area (Å²) in [5.74, 6) is 3.14. The average Bonchev–Trinajstić information content (AvgIpc) is 3.84. The average molecular weight is 680 g/mol. The van der Waals surface area contributed by atoms with Crippen molar-refractivity contribution in [3.8, 4) is 45.7 Å². The van der Waals surface area contributed by atoms with Crippen molar-refractivity contribution in [1.82, 2.24) is 45.1 Å². The van der Waals surface area contributed by atoms with Crippen LogP contribution in [0.25, 0.3) is 39.9 Å². The molecule has 0 aliphatic rings. The number of benzene rings is 3. The number of tetrazole rings is 1. The summed E-state index contributed by atoms with van der Waals surface area (Å²) in [6.07, 6.45) is 6.77. The van der Waals surface area contributed by atoms with Crippen molar-refractivity contribution < 1.29 is 9.15 Å². The Hall–Kier alpha value is -6.30. The Bertz CT molecular complexity index is 2280. The second-order valence-corrected chi connectivity index (χ2v) is 12.2. The molecule has 0 fully saturated rings. The number of ether oxygens (including phenoxy) is 1. The SMILES string of the molecule is CCCCc1nc(C)n(-c2ncc(OCCc3nc(-c4ccccc4)oc3C)cn2)c(=O)c1Cc1ccc(-c2ccccc2-c2nn[nH]n2)cc1. The van der Waals surface area contributed by atoms with E-state index >= 15 is 0 Å². The van der Waals surface area contributed by atoms with Crippen LogP contribution in [0.4, 0.5) is 0 Å². The minimum atomic E-state index is -0.176. The molecule has 7 aromatic rings. The van der Waals surface area contributed by atoms with Crippen molar-refractivity contribution >= 4 is 0 Å². The number of H-pyrrole nitrogens is 1. The van der Waals surface area contributed by atoms with E-state index in [1.54, 1.807) is 12.4 Å². The summed E-state index contributed by atoms with van der Waals surface area (Å²) in [5.41, 5.74) is 6.89. The van der Waals surface area contributed by atoms with Crippen molar-refractivity contribution in [2.45, 2.75) is 52.9 Å². The fourth-order valence-corrected chi connectivity index (χ4v) is 6.02. The second-order valence-electron chi connectivity index (χ2n) is 12.2. The van der Waals surface area contributed by atoms with Crippen LogP contribution in [0.5, 0.6) is 5.75 Å². The molecule has 0 atom stereocenters. The summed E-state index contributed by atoms with van der Waals surface area (Å²) >= 11 is 0. The van der Waals surface area contributed by atoms with Gasteiger partial charge in [-0.25, -0.2) is 24.5 Å². The van der Waals surface area contributed by atoms with E-state index in [1.165, 1.54) is 4.57 Å². The van der Waals surface area contributed by atoms with Gasteiger partial charge in [0, 0.05) is 29.5 Å². The number of nitrogens with one attached hydrogen (secondary N) is 1. The first-order chi connectivity index (χ1) is 25.0. The monoisotopic (exact) mass is 679 g/mol. The topological polar surface area (TPSA) is 150 Å². The molecule has 0 bridgehead atoms. The highest BCUT2D eigenvalue weighted by Crippen LogP contribution is 2.30. The number of hydrogen-bond acceptors (Lipinski definition) is 10. The van der Waals surface area contributed by atoms with E-state index < -0.39 is 0 Å². The second kappa shape index (κ2) is 15.1. The summed E-state index contributed by atoms with van der Waals surface area (Å²) < 4.78 is 13.3. The first-order valence-electron chi connectivity index (χ1n) is 17.0. The molecule has 0 unspecified atom stereocenters. The lowest BCUT2D eigenvalue weighted by Crippen LogP contribution is -2.29. The van der Waals surface area contributed by atoms with Gasteiger partial charge in [-0.2, -0.15) is 5.21 Å². The molecule has 0 aliphatic heterocycles. The Kier molecular flexibility index (Phi) is 9.82. The van der Waals surface area contributed by atoms with Crippen molar-refractivity contribution in [1.29, 1.82) is 0 Å². The zero-order chi connectivity index (χ0) is 35.2. The van der Waals surface area contributed by atoms with Gasteiger partial charge in [0.05, 0.1) is 30.4 Å². The lowest BCUT2D eigenvalue weighted by molar-refractivity contribution is 0.317. The summed E-state index contributed by atoms with van der Waals surface area (Å²) in [5, 5.41) is 14.6. The Labute approximate surface area is 294 Å². The van der Waals surface area contributed by atoms with E-state index in [0.717, 1.165) is 57.8 Å². The normalized spacial score (nSPS) is 11.2. The number of rotatable bonds is 13. The summed E-state index contributed by atoms with van der Waals surface area (Å²) in [6, 6.07) is 25.9. The van der Waals surface area contributed by atoms with E-state index in [4.69, 9.17) is 14.1 Å². The first-order valence-corrected chi connectivity index (χ1v) is 17.0. The number of aromatic nitrogens is 9. The lowest BCUT2D eigenvalue weighted by Gasteiger charge is -2.15. The predicted octanol–water partition coefficient (Wildman–Crippen LogP) is 6.70. The van der Waals surface area contributed by atoms with Gasteiger partial charge in [0.1, 0.15) is 11.6 Å². The molecule has 12 heteroatoms. The molecule has 256 valence electrons. The number of aromatic amines is 1. The molecule has 51 heavy (non-hydrogen) atoms. The van der Waals surface area contributed by atoms with Crippen LogP contribution >= 0.6 is 0 Å². The van der Waals surface area contributed by atoms with Crippen molar-refractivity contribution in [3.05, 3.63) is 136 Å². The Morgan fingerprint density at radius 1 is 0.824 bits per heavy atom. The Morgan fingerprint density at radius 2 is 1.57 bits per heavy atom. The predicted molar refractivity (Wildman–Crippen MR) is 193 cm³/mol. The summed E-state index contributed by atoms with van der Waals surface area (Å²) in [4.78, 5) is 32.7. The highest BCUT2D eigenvalue weighted by molar-refractivity contribution is 5.80. The van der Waals surface area contributed by atoms with Gasteiger partial charge in [0.15, 0.2) is 5.75 Å². The van der Waals surface area contributed by atoms with E-state index in [-0.39, 0.29) is 11.5 Å². The molecule has 4 heterocycles. The van der Waals surface area contributed by atoms with E-state index in [9.17, 15) is 4.79 Å². The van der Waals surface area contributed by atoms with Crippen LogP contribution in [0.3, 0.4) is 0 Å². The largest absolute Gasteiger partial charge is 0.490 e. The maximum atomic E-state index is 14.2. The minimum Gasteiger partial charge on any atom is -0.490 e. The zero-order valence-corrected chi connectivity index (χ0v) is 28.7. The number of oxazole rings is 1. The van der Waals surface area contributed by atoms with Crippen LogP contribution in [-0.2, 0) is 19.3 Å². The van der Waals surface area contributed by atoms with Gasteiger partial charge in [-0.1, -0.05) is 80.1 Å². The molecule has 0 saturated heterocycles. The third-order valence-corrected chi connectivity index (χ3v) is 8.69. The van der Waals surface area contributed by atoms with Crippen molar-refractivity contribution in [2.75, 3.05) is 6.61 Å². The van der Waals surface area contributed by atoms with Gasteiger partial charge in [0.25, 0.3) is 5.56 Å². The Morgan fingerprint density at radius 3 is 2.29 bits per heavy atom. The van der Waals surface area contributed by atoms with Crippen molar-refractivity contribution in [2.24, 2.45) is 0 Å². The van der Waals surface area contributed by atoms with Crippen LogP contribution in [0, 0.1) is 13.8 Å². The smallest absolute Gasteiger partial charge is 0.264 e. The van der Waals surface area contributed by atoms with Gasteiger partial charge >= 0.3 is 0 Å². The molecule has 4 aromatic heterocycles. The molecule has 0 saturated carbocycles. The standard InChI is InChI=1S/C39H37N9O3/c1-4-5-15-35-33(22-27-16-18-28(19-17-27)31-13-9-10-14-32(31)36-44-46-47-45-36)38(49)48(26(3)42-35)39-40-23-30(24-41-39)50-21-20-34-25(2)51-37(43-34)29-11-7-6-8-12-29/h6-14,16-19,23-24H,4-5,15,20-22H2,1-3H3,(H,44,45,46,47). The maximum Gasteiger partial charge on any atom is 0.264 e. The highest BCUT2D eigenvalue weighted by Gasteiger charge is 2.19. The van der Waals surface area contributed by atoms with Crippen LogP contribution in [0.2, 0.25) is 0 Å². The summed E-state index contributed by atoms with van der Waals surface area (Å²) in [6.45, 7) is 6.21. The zero-order valence-electron chi connectivity index (χ0n) is 28.7. The fourth-order valence-electron chi connectivity index (χ4n) is 6.02. The lowest BCUT2D eigenvalue weighted by atomic mass is 9.96. The molecule has 0 spiro atoms. The van der Waals surface area contributed by atoms with E-state index in [0.29, 0.717) is 54.7 Å². The molecule has 0 amide bonds. The van der Waals surface area contributed by atoms with Crippen molar-refractivity contribution in [3.63, 3.8) is 0 Å². The maximum absolute atomic E-state index is 14.2. The van der Waals surface area contributed by atoms with Crippen LogP contribution in [0.15, 0.2) is 100 Å². The molecular weight excluding hydrogens is 642 g/mol. The third kappa shape index (κ3) is 7.35. The van der Waals surface area contributed by atoms with Gasteiger partial charge in [-0.05, 0) is 60.7 Å². The molecule has 7 rings (SSSR count). The van der Waals surface area contributed by atoms with Gasteiger partial charge in [-0.15, -0.1) is 10.2 Å². The molecule has 0 radical (unpaired) electrons. The Balaban J connectivity index is 1.09. The van der Waals surface area contributed by atoms with Gasteiger partial charge in [-0.3, -0.25) is 4.79 Å². The van der Waals surface area contributed by atoms with Gasteiger partial charge in [0.2, 0.25) is 17.7 Å². The minimum absolute atomic E-state index is 0.176. The molecular formula is C39H37N9O3. The molecule has 3 aromatic carbocycles. The highest BCUT2D eigenvalue weighted by atomic mass is 16.5. The quantitative estimate of drug-likeness (QED) is 0.140. The van der Waals surface area contributed by atoms with Crippen LogP contribution in [0.1, 0.15) is 53.9 Å². The van der Waals surface area contributed by atoms with Crippen LogP contribution in [-0.4, -0.2) is 51.7 Å².